The van der Waals surface area contributed by atoms with Crippen LogP contribution in [0.2, 0.25) is 0 Å². The van der Waals surface area contributed by atoms with Crippen molar-refractivity contribution in [3.8, 4) is 0 Å². The number of carbonyl (C=O) groups is 1. The second-order valence-electron chi connectivity index (χ2n) is 6.81. The highest BCUT2D eigenvalue weighted by atomic mass is 16.2. The van der Waals surface area contributed by atoms with Crippen LogP contribution in [0.4, 0.5) is 5.82 Å². The molecule has 0 bridgehead atoms. The Kier molecular flexibility index (Phi) is 6.22. The van der Waals surface area contributed by atoms with Gasteiger partial charge in [0.1, 0.15) is 11.9 Å². The summed E-state index contributed by atoms with van der Waals surface area (Å²) < 4.78 is 1.69. The summed E-state index contributed by atoms with van der Waals surface area (Å²) in [4.78, 5) is 19.4. The van der Waals surface area contributed by atoms with Crippen LogP contribution < -0.4 is 15.5 Å². The predicted octanol–water partition coefficient (Wildman–Crippen LogP) is 1.77. The molecule has 0 aliphatic carbocycles. The molecule has 140 valence electrons. The fourth-order valence-electron chi connectivity index (χ4n) is 3.34. The topological polar surface area (TPSA) is 75.1 Å². The Morgan fingerprint density at radius 3 is 2.54 bits per heavy atom. The number of nitrogens with zero attached hydrogens (tertiary/aromatic N) is 4. The van der Waals surface area contributed by atoms with E-state index in [1.165, 1.54) is 25.7 Å². The highest BCUT2D eigenvalue weighted by Gasteiger charge is 2.19. The number of anilines is 1. The number of rotatable bonds is 6. The number of hydrogen-bond donors (Lipinski definition) is 2. The Balaban J connectivity index is 1.56. The Morgan fingerprint density at radius 2 is 1.96 bits per heavy atom. The summed E-state index contributed by atoms with van der Waals surface area (Å²) in [6.07, 6.45) is 10.5. The molecule has 2 aromatic heterocycles. The summed E-state index contributed by atoms with van der Waals surface area (Å²) in [7, 11) is 3.61. The molecule has 1 unspecified atom stereocenters. The summed E-state index contributed by atoms with van der Waals surface area (Å²) in [5, 5.41) is 10.1. The van der Waals surface area contributed by atoms with Gasteiger partial charge in [0.05, 0.1) is 6.20 Å². The Hall–Kier alpha value is -2.41. The maximum atomic E-state index is 12.5. The van der Waals surface area contributed by atoms with E-state index in [1.54, 1.807) is 17.9 Å². The van der Waals surface area contributed by atoms with Gasteiger partial charge in [-0.3, -0.25) is 9.48 Å². The Labute approximate surface area is 154 Å². The van der Waals surface area contributed by atoms with E-state index in [-0.39, 0.29) is 5.91 Å². The van der Waals surface area contributed by atoms with Crippen molar-refractivity contribution in [2.75, 3.05) is 25.0 Å². The van der Waals surface area contributed by atoms with Crippen LogP contribution in [-0.4, -0.2) is 40.8 Å². The predicted molar refractivity (Wildman–Crippen MR) is 102 cm³/mol. The van der Waals surface area contributed by atoms with Crippen LogP contribution in [-0.2, 0) is 18.4 Å². The first-order valence-corrected chi connectivity index (χ1v) is 9.31. The molecule has 26 heavy (non-hydrogen) atoms. The lowest BCUT2D eigenvalue weighted by molar-refractivity contribution is -0.123. The lowest BCUT2D eigenvalue weighted by Gasteiger charge is -2.21. The number of aryl methyl sites for hydroxylation is 1. The van der Waals surface area contributed by atoms with E-state index in [0.29, 0.717) is 6.54 Å². The molecule has 1 fully saturated rings. The molecule has 2 aromatic rings. The van der Waals surface area contributed by atoms with Crippen molar-refractivity contribution in [3.05, 3.63) is 41.9 Å². The van der Waals surface area contributed by atoms with E-state index < -0.39 is 6.04 Å². The van der Waals surface area contributed by atoms with Gasteiger partial charge >= 0.3 is 0 Å². The first-order valence-electron chi connectivity index (χ1n) is 9.31. The highest BCUT2D eigenvalue weighted by molar-refractivity contribution is 5.83. The summed E-state index contributed by atoms with van der Waals surface area (Å²) in [5.41, 5.74) is 1.85. The average Bonchev–Trinajstić information content (AvgIpc) is 2.91. The second kappa shape index (κ2) is 8.80. The fourth-order valence-corrected chi connectivity index (χ4v) is 3.34. The molecule has 2 N–H and O–H groups in total. The number of carbonyl (C=O) groups excluding carboxylic acids is 1. The zero-order valence-corrected chi connectivity index (χ0v) is 15.6. The van der Waals surface area contributed by atoms with Crippen LogP contribution in [0, 0.1) is 0 Å². The van der Waals surface area contributed by atoms with E-state index in [4.69, 9.17) is 0 Å². The van der Waals surface area contributed by atoms with Gasteiger partial charge in [0, 0.05) is 44.6 Å². The lowest BCUT2D eigenvalue weighted by atomic mass is 10.1. The third kappa shape index (κ3) is 4.60. The van der Waals surface area contributed by atoms with Gasteiger partial charge in [0.25, 0.3) is 0 Å². The standard InChI is InChI=1S/C19H28N6O/c1-20-18(16-13-23-24(2)14-16)19(26)22-12-15-7-8-17(21-11-15)25-9-5-3-4-6-10-25/h7-8,11,13-14,18,20H,3-6,9-10,12H2,1-2H3,(H,22,26). The van der Waals surface area contributed by atoms with Gasteiger partial charge in [-0.15, -0.1) is 0 Å². The number of amides is 1. The van der Waals surface area contributed by atoms with E-state index in [0.717, 1.165) is 30.0 Å². The van der Waals surface area contributed by atoms with Crippen LogP contribution in [0.5, 0.6) is 0 Å². The summed E-state index contributed by atoms with van der Waals surface area (Å²) in [5.74, 6) is 0.961. The van der Waals surface area contributed by atoms with Crippen LogP contribution in [0.3, 0.4) is 0 Å². The first-order chi connectivity index (χ1) is 12.7. The third-order valence-corrected chi connectivity index (χ3v) is 4.81. The van der Waals surface area contributed by atoms with Crippen molar-refractivity contribution in [2.45, 2.75) is 38.3 Å². The van der Waals surface area contributed by atoms with Gasteiger partial charge in [-0.1, -0.05) is 18.9 Å². The molecule has 0 saturated carbocycles. The molecule has 1 amide bonds. The van der Waals surface area contributed by atoms with Gasteiger partial charge < -0.3 is 15.5 Å². The molecule has 1 aliphatic rings. The summed E-state index contributed by atoms with van der Waals surface area (Å²) in [6, 6.07) is 3.70. The molecule has 7 nitrogen and oxygen atoms in total. The summed E-state index contributed by atoms with van der Waals surface area (Å²) >= 11 is 0. The molecule has 1 atom stereocenters. The van der Waals surface area contributed by atoms with Gasteiger partial charge in [0.2, 0.25) is 5.91 Å². The van der Waals surface area contributed by atoms with Gasteiger partial charge in [-0.2, -0.15) is 5.10 Å². The Morgan fingerprint density at radius 1 is 1.19 bits per heavy atom. The molecule has 0 spiro atoms. The number of aromatic nitrogens is 3. The van der Waals surface area contributed by atoms with Crippen molar-refractivity contribution in [3.63, 3.8) is 0 Å². The molecule has 0 aromatic carbocycles. The normalized spacial score (nSPS) is 16.2. The SMILES string of the molecule is CNC(C(=O)NCc1ccc(N2CCCCCC2)nc1)c1cnn(C)c1. The second-order valence-corrected chi connectivity index (χ2v) is 6.81. The molecule has 1 aliphatic heterocycles. The number of hydrogen-bond acceptors (Lipinski definition) is 5. The number of likely N-dealkylation sites (N-methyl/N-ethyl adjacent to an activating group) is 1. The van der Waals surface area contributed by atoms with Gasteiger partial charge in [-0.25, -0.2) is 4.98 Å². The van der Waals surface area contributed by atoms with Crippen LogP contribution in [0.25, 0.3) is 0 Å². The minimum Gasteiger partial charge on any atom is -0.357 e. The maximum absolute atomic E-state index is 12.5. The largest absolute Gasteiger partial charge is 0.357 e. The summed E-state index contributed by atoms with van der Waals surface area (Å²) in [6.45, 7) is 2.63. The van der Waals surface area contributed by atoms with Crippen LogP contribution >= 0.6 is 0 Å². The monoisotopic (exact) mass is 356 g/mol. The fraction of sp³-hybridized carbons (Fsp3) is 0.526. The molecular weight excluding hydrogens is 328 g/mol. The Bertz CT molecular complexity index is 703. The minimum atomic E-state index is -0.409. The molecule has 0 radical (unpaired) electrons. The van der Waals surface area contributed by atoms with Crippen LogP contribution in [0.1, 0.15) is 42.9 Å². The highest BCUT2D eigenvalue weighted by Crippen LogP contribution is 2.17. The lowest BCUT2D eigenvalue weighted by Crippen LogP contribution is -2.35. The van der Waals surface area contributed by atoms with Crippen molar-refractivity contribution in [1.29, 1.82) is 0 Å². The molecule has 1 saturated heterocycles. The molecular formula is C19H28N6O. The smallest absolute Gasteiger partial charge is 0.242 e. The van der Waals surface area contributed by atoms with E-state index in [9.17, 15) is 4.79 Å². The maximum Gasteiger partial charge on any atom is 0.242 e. The van der Waals surface area contributed by atoms with Gasteiger partial charge in [0.15, 0.2) is 0 Å². The van der Waals surface area contributed by atoms with E-state index >= 15 is 0 Å². The molecule has 3 rings (SSSR count). The average molecular weight is 356 g/mol. The zero-order chi connectivity index (χ0) is 18.4. The zero-order valence-electron chi connectivity index (χ0n) is 15.6. The molecule has 7 heteroatoms. The van der Waals surface area contributed by atoms with E-state index in [1.807, 2.05) is 25.5 Å². The first kappa shape index (κ1) is 18.4. The van der Waals surface area contributed by atoms with Crippen molar-refractivity contribution < 1.29 is 4.79 Å². The third-order valence-electron chi connectivity index (χ3n) is 4.81. The van der Waals surface area contributed by atoms with Crippen molar-refractivity contribution >= 4 is 11.7 Å². The number of pyridine rings is 1. The van der Waals surface area contributed by atoms with Gasteiger partial charge in [-0.05, 0) is 31.5 Å². The minimum absolute atomic E-state index is 0.0721. The molecule has 3 heterocycles. The van der Waals surface area contributed by atoms with E-state index in [2.05, 4.69) is 31.7 Å². The van der Waals surface area contributed by atoms with Crippen LogP contribution in [0.15, 0.2) is 30.7 Å². The number of nitrogens with one attached hydrogen (secondary N) is 2. The van der Waals surface area contributed by atoms with Crippen molar-refractivity contribution in [1.82, 2.24) is 25.4 Å². The quantitative estimate of drug-likeness (QED) is 0.825. The van der Waals surface area contributed by atoms with Crippen molar-refractivity contribution in [2.24, 2.45) is 7.05 Å².